The first-order chi connectivity index (χ1) is 10.3. The number of ether oxygens (including phenoxy) is 1. The number of phenolic OH excluding ortho intramolecular Hbond substituents is 1. The molecule has 3 aromatic carbocycles. The third-order valence-electron chi connectivity index (χ3n) is 2.84. The van der Waals surface area contributed by atoms with Gasteiger partial charge in [-0.1, -0.05) is 0 Å². The van der Waals surface area contributed by atoms with E-state index in [-0.39, 0.29) is 27.0 Å². The quantitative estimate of drug-likeness (QED) is 0.683. The number of hydrogen-bond donors (Lipinski definition) is 1. The first kappa shape index (κ1) is 13.9. The zero-order valence-corrected chi connectivity index (χ0v) is 13.4. The predicted molar refractivity (Wildman–Crippen MR) is 78.5 cm³/mol. The topological polar surface area (TPSA) is 29.5 Å². The van der Waals surface area contributed by atoms with Crippen molar-refractivity contribution in [1.29, 1.82) is 0 Å². The summed E-state index contributed by atoms with van der Waals surface area (Å²) in [6.45, 7) is 0. The van der Waals surface area contributed by atoms with Crippen molar-refractivity contribution in [2.75, 3.05) is 0 Å². The zero-order valence-electron chi connectivity index (χ0n) is 11.2. The van der Waals surface area contributed by atoms with E-state index in [1.54, 1.807) is 24.3 Å². The van der Waals surface area contributed by atoms with Gasteiger partial charge in [-0.2, -0.15) is 0 Å². The van der Waals surface area contributed by atoms with Gasteiger partial charge in [-0.15, -0.1) is 0 Å². The molecule has 0 amide bonds. The van der Waals surface area contributed by atoms with Crippen molar-refractivity contribution in [3.63, 3.8) is 0 Å². The summed E-state index contributed by atoms with van der Waals surface area (Å²) in [5, 5.41) is 9.25. The predicted octanol–water partition coefficient (Wildman–Crippen LogP) is 1.31. The summed E-state index contributed by atoms with van der Waals surface area (Å²) in [7, 11) is 0. The van der Waals surface area contributed by atoms with Crippen molar-refractivity contribution in [2.24, 2.45) is 0 Å². The molecule has 0 saturated carbocycles. The summed E-state index contributed by atoms with van der Waals surface area (Å²) in [5.74, 6) is 1.77. The maximum atomic E-state index is 9.25. The van der Waals surface area contributed by atoms with Crippen LogP contribution in [0.25, 0.3) is 0 Å². The molecule has 0 aliphatic heterocycles. The minimum atomic E-state index is -0.138. The average molecular weight is 389 g/mol. The Morgan fingerprint density at radius 2 is 1.14 bits per heavy atom. The molecule has 0 heterocycles. The summed E-state index contributed by atoms with van der Waals surface area (Å²) in [4.78, 5) is 0. The standard InChI is InChI=1S/C18H14IO2/c20-16-8-12-18(13-9-16)21-17-10-6-15(7-11-17)19-14-4-2-1-3-5-14/h1-13,20H/q-1. The molecule has 1 N–H and O–H groups in total. The molecule has 0 atom stereocenters. The summed E-state index contributed by atoms with van der Waals surface area (Å²) >= 11 is -0.138. The van der Waals surface area contributed by atoms with E-state index >= 15 is 0 Å². The molecule has 0 fully saturated rings. The van der Waals surface area contributed by atoms with Gasteiger partial charge in [-0.3, -0.25) is 0 Å². The molecule has 106 valence electrons. The third-order valence-corrected chi connectivity index (χ3v) is 5.52. The molecule has 0 spiro atoms. The van der Waals surface area contributed by atoms with Crippen LogP contribution < -0.4 is 25.9 Å². The summed E-state index contributed by atoms with van der Waals surface area (Å²) < 4.78 is 8.50. The van der Waals surface area contributed by atoms with E-state index in [2.05, 4.69) is 36.4 Å². The normalized spacial score (nSPS) is 10.5. The van der Waals surface area contributed by atoms with Crippen LogP contribution in [0.5, 0.6) is 17.2 Å². The third kappa shape index (κ3) is 3.98. The molecule has 2 nitrogen and oxygen atoms in total. The molecule has 21 heavy (non-hydrogen) atoms. The van der Waals surface area contributed by atoms with Gasteiger partial charge in [0.2, 0.25) is 0 Å². The van der Waals surface area contributed by atoms with Crippen LogP contribution in [0.15, 0.2) is 78.9 Å². The van der Waals surface area contributed by atoms with Crippen molar-refractivity contribution in [2.45, 2.75) is 0 Å². The number of hydrogen-bond acceptors (Lipinski definition) is 2. The van der Waals surface area contributed by atoms with Gasteiger partial charge in [-0.25, -0.2) is 0 Å². The van der Waals surface area contributed by atoms with E-state index in [4.69, 9.17) is 4.74 Å². The van der Waals surface area contributed by atoms with Crippen LogP contribution in [0.2, 0.25) is 0 Å². The Hall–Kier alpha value is -2.01. The first-order valence-corrected chi connectivity index (χ1v) is 8.72. The summed E-state index contributed by atoms with van der Waals surface area (Å²) in [6, 6.07) is 25.5. The molecule has 0 aliphatic rings. The first-order valence-electron chi connectivity index (χ1n) is 6.56. The van der Waals surface area contributed by atoms with Crippen molar-refractivity contribution < 1.29 is 31.0 Å². The van der Waals surface area contributed by atoms with Crippen molar-refractivity contribution in [3.8, 4) is 17.2 Å². The van der Waals surface area contributed by atoms with Crippen molar-refractivity contribution in [1.82, 2.24) is 0 Å². The van der Waals surface area contributed by atoms with Gasteiger partial charge in [-0.05, 0) is 0 Å². The minimum absolute atomic E-state index is 0.138. The van der Waals surface area contributed by atoms with Crippen LogP contribution in [0.3, 0.4) is 0 Å². The Balaban J connectivity index is 1.68. The van der Waals surface area contributed by atoms with Crippen LogP contribution in [0.4, 0.5) is 0 Å². The van der Waals surface area contributed by atoms with E-state index in [9.17, 15) is 5.11 Å². The maximum absolute atomic E-state index is 9.25. The number of benzene rings is 3. The Kier molecular flexibility index (Phi) is 4.40. The summed E-state index contributed by atoms with van der Waals surface area (Å²) in [5.41, 5.74) is 0. The monoisotopic (exact) mass is 389 g/mol. The van der Waals surface area contributed by atoms with Gasteiger partial charge in [0.25, 0.3) is 0 Å². The van der Waals surface area contributed by atoms with Crippen LogP contribution in [0.1, 0.15) is 0 Å². The molecule has 3 rings (SSSR count). The molecule has 0 saturated heterocycles. The van der Waals surface area contributed by atoms with Crippen molar-refractivity contribution in [3.05, 3.63) is 86.0 Å². The van der Waals surface area contributed by atoms with Crippen LogP contribution >= 0.6 is 0 Å². The Labute approximate surface area is 134 Å². The average Bonchev–Trinajstić information content (AvgIpc) is 2.53. The molecule has 0 radical (unpaired) electrons. The Morgan fingerprint density at radius 1 is 0.619 bits per heavy atom. The molecule has 0 bridgehead atoms. The van der Waals surface area contributed by atoms with E-state index < -0.39 is 0 Å². The number of rotatable bonds is 4. The fourth-order valence-corrected chi connectivity index (χ4v) is 4.03. The number of aromatic hydroxyl groups is 1. The Morgan fingerprint density at radius 3 is 1.76 bits per heavy atom. The fraction of sp³-hybridized carbons (Fsp3) is 0. The van der Waals surface area contributed by atoms with Crippen LogP contribution in [0, 0.1) is 7.14 Å². The second kappa shape index (κ2) is 6.63. The van der Waals surface area contributed by atoms with Crippen molar-refractivity contribution >= 4 is 0 Å². The van der Waals surface area contributed by atoms with Gasteiger partial charge in [0.15, 0.2) is 0 Å². The second-order valence-electron chi connectivity index (χ2n) is 4.44. The number of phenols is 1. The fourth-order valence-electron chi connectivity index (χ4n) is 1.82. The molecule has 0 aliphatic carbocycles. The van der Waals surface area contributed by atoms with E-state index in [1.165, 1.54) is 7.14 Å². The van der Waals surface area contributed by atoms with Gasteiger partial charge in [0.05, 0.1) is 0 Å². The van der Waals surface area contributed by atoms with Gasteiger partial charge >= 0.3 is 134 Å². The molecule has 0 aromatic heterocycles. The van der Waals surface area contributed by atoms with Gasteiger partial charge in [0, 0.05) is 0 Å². The SMILES string of the molecule is Oc1ccc(Oc2ccc([I-]c3ccccc3)cc2)cc1. The van der Waals surface area contributed by atoms with E-state index in [0.29, 0.717) is 0 Å². The summed E-state index contributed by atoms with van der Waals surface area (Å²) in [6.07, 6.45) is 0. The molecule has 3 heteroatoms. The molecular formula is C18H14IO2-. The van der Waals surface area contributed by atoms with Crippen LogP contribution in [-0.2, 0) is 0 Å². The number of halogens is 1. The van der Waals surface area contributed by atoms with E-state index in [1.807, 2.05) is 18.2 Å². The second-order valence-corrected chi connectivity index (χ2v) is 7.47. The zero-order chi connectivity index (χ0) is 14.5. The van der Waals surface area contributed by atoms with Gasteiger partial charge < -0.3 is 0 Å². The van der Waals surface area contributed by atoms with E-state index in [0.717, 1.165) is 11.5 Å². The van der Waals surface area contributed by atoms with Crippen LogP contribution in [-0.4, -0.2) is 5.11 Å². The molecule has 3 aromatic rings. The van der Waals surface area contributed by atoms with Gasteiger partial charge in [0.1, 0.15) is 0 Å². The molecular weight excluding hydrogens is 375 g/mol. The Bertz CT molecular complexity index is 692. The molecule has 0 unspecified atom stereocenters.